The molecular weight excluding hydrogens is 397 g/mol. The number of ether oxygens (including phenoxy) is 1. The molecule has 0 radical (unpaired) electrons. The zero-order valence-electron chi connectivity index (χ0n) is 18.1. The Balaban J connectivity index is 1.77. The summed E-state index contributed by atoms with van der Waals surface area (Å²) in [6.07, 6.45) is -1.90. The SMILES string of the molecule is Cc1cc(N2CCC3(CC2)CN(C(=O)OC(C)(C)C)CCN3CC(F)(F)F)ccn1. The molecule has 0 saturated carbocycles. The van der Waals surface area contributed by atoms with Gasteiger partial charge in [0.15, 0.2) is 0 Å². The normalized spacial score (nSPS) is 20.5. The van der Waals surface area contributed by atoms with Crippen LogP contribution in [0.25, 0.3) is 0 Å². The van der Waals surface area contributed by atoms with Crippen LogP contribution in [0.3, 0.4) is 0 Å². The minimum absolute atomic E-state index is 0.188. The summed E-state index contributed by atoms with van der Waals surface area (Å²) >= 11 is 0. The number of carbonyl (C=O) groups is 1. The van der Waals surface area contributed by atoms with E-state index < -0.39 is 30.0 Å². The number of hydrogen-bond acceptors (Lipinski definition) is 5. The molecule has 0 unspecified atom stereocenters. The van der Waals surface area contributed by atoms with Crippen molar-refractivity contribution in [3.05, 3.63) is 24.0 Å². The average molecular weight is 428 g/mol. The molecule has 30 heavy (non-hydrogen) atoms. The Morgan fingerprint density at radius 3 is 2.40 bits per heavy atom. The second kappa shape index (κ2) is 8.24. The number of anilines is 1. The Kier molecular flexibility index (Phi) is 6.23. The number of hydrogen-bond donors (Lipinski definition) is 0. The summed E-state index contributed by atoms with van der Waals surface area (Å²) in [5.74, 6) is 0. The van der Waals surface area contributed by atoms with Crippen molar-refractivity contribution in [2.75, 3.05) is 44.2 Å². The van der Waals surface area contributed by atoms with Gasteiger partial charge in [-0.15, -0.1) is 0 Å². The molecule has 3 rings (SSSR count). The first-order valence-corrected chi connectivity index (χ1v) is 10.3. The predicted molar refractivity (Wildman–Crippen MR) is 109 cm³/mol. The highest BCUT2D eigenvalue weighted by atomic mass is 19.4. The van der Waals surface area contributed by atoms with E-state index in [0.717, 1.165) is 11.4 Å². The van der Waals surface area contributed by atoms with E-state index in [4.69, 9.17) is 4.74 Å². The van der Waals surface area contributed by atoms with Crippen LogP contribution in [0.1, 0.15) is 39.3 Å². The minimum Gasteiger partial charge on any atom is -0.444 e. The molecule has 2 saturated heterocycles. The first kappa shape index (κ1) is 22.7. The third kappa shape index (κ3) is 5.56. The highest BCUT2D eigenvalue weighted by Crippen LogP contribution is 2.36. The molecule has 2 aliphatic heterocycles. The van der Waals surface area contributed by atoms with Crippen molar-refractivity contribution in [3.63, 3.8) is 0 Å². The summed E-state index contributed by atoms with van der Waals surface area (Å²) in [6.45, 7) is 8.25. The topological polar surface area (TPSA) is 48.9 Å². The molecule has 168 valence electrons. The van der Waals surface area contributed by atoms with Crippen molar-refractivity contribution in [2.45, 2.75) is 57.9 Å². The van der Waals surface area contributed by atoms with E-state index in [9.17, 15) is 18.0 Å². The van der Waals surface area contributed by atoms with E-state index in [1.807, 2.05) is 19.1 Å². The molecule has 1 aromatic heterocycles. The van der Waals surface area contributed by atoms with E-state index in [2.05, 4.69) is 9.88 Å². The summed E-state index contributed by atoms with van der Waals surface area (Å²) < 4.78 is 45.3. The summed E-state index contributed by atoms with van der Waals surface area (Å²) in [5.41, 5.74) is 0.582. The Labute approximate surface area is 176 Å². The summed E-state index contributed by atoms with van der Waals surface area (Å²) in [4.78, 5) is 22.1. The number of halogens is 3. The Bertz CT molecular complexity index is 755. The lowest BCUT2D eigenvalue weighted by Crippen LogP contribution is -2.67. The molecule has 1 aromatic rings. The van der Waals surface area contributed by atoms with E-state index in [-0.39, 0.29) is 19.6 Å². The smallest absolute Gasteiger partial charge is 0.410 e. The van der Waals surface area contributed by atoms with Crippen molar-refractivity contribution in [2.24, 2.45) is 0 Å². The van der Waals surface area contributed by atoms with Crippen LogP contribution in [0.2, 0.25) is 0 Å². The third-order valence-electron chi connectivity index (χ3n) is 5.76. The lowest BCUT2D eigenvalue weighted by atomic mass is 9.83. The van der Waals surface area contributed by atoms with Gasteiger partial charge in [0.05, 0.1) is 6.54 Å². The van der Waals surface area contributed by atoms with Crippen LogP contribution < -0.4 is 4.90 Å². The van der Waals surface area contributed by atoms with Gasteiger partial charge in [-0.2, -0.15) is 13.2 Å². The number of aromatic nitrogens is 1. The summed E-state index contributed by atoms with van der Waals surface area (Å²) in [6, 6.07) is 3.91. The number of nitrogens with zero attached hydrogens (tertiary/aromatic N) is 4. The van der Waals surface area contributed by atoms with Crippen molar-refractivity contribution in [1.82, 2.24) is 14.8 Å². The number of pyridine rings is 1. The lowest BCUT2D eigenvalue weighted by molar-refractivity contribution is -0.169. The first-order valence-electron chi connectivity index (χ1n) is 10.3. The Morgan fingerprint density at radius 1 is 1.17 bits per heavy atom. The van der Waals surface area contributed by atoms with Gasteiger partial charge < -0.3 is 14.5 Å². The molecule has 2 aliphatic rings. The molecule has 9 heteroatoms. The maximum absolute atomic E-state index is 13.3. The highest BCUT2D eigenvalue weighted by molar-refractivity contribution is 5.68. The number of piperidine rings is 1. The third-order valence-corrected chi connectivity index (χ3v) is 5.76. The Morgan fingerprint density at radius 2 is 1.83 bits per heavy atom. The quantitative estimate of drug-likeness (QED) is 0.716. The largest absolute Gasteiger partial charge is 0.444 e. The van der Waals surface area contributed by atoms with Crippen LogP contribution in [0.5, 0.6) is 0 Å². The van der Waals surface area contributed by atoms with Gasteiger partial charge in [0.2, 0.25) is 0 Å². The van der Waals surface area contributed by atoms with Gasteiger partial charge in [-0.05, 0) is 52.7 Å². The van der Waals surface area contributed by atoms with Crippen molar-refractivity contribution >= 4 is 11.8 Å². The molecule has 1 amide bonds. The van der Waals surface area contributed by atoms with Crippen molar-refractivity contribution in [3.8, 4) is 0 Å². The molecule has 0 N–H and O–H groups in total. The number of carbonyl (C=O) groups excluding carboxylic acids is 1. The molecule has 0 atom stereocenters. The zero-order chi connectivity index (χ0) is 22.2. The van der Waals surface area contributed by atoms with Crippen LogP contribution in [0, 0.1) is 6.92 Å². The van der Waals surface area contributed by atoms with Gasteiger partial charge in [-0.1, -0.05) is 0 Å². The van der Waals surface area contributed by atoms with E-state index in [1.54, 1.807) is 31.9 Å². The van der Waals surface area contributed by atoms with Gasteiger partial charge >= 0.3 is 12.3 Å². The molecule has 0 aromatic carbocycles. The van der Waals surface area contributed by atoms with Crippen LogP contribution in [-0.2, 0) is 4.74 Å². The van der Waals surface area contributed by atoms with Crippen molar-refractivity contribution in [1.29, 1.82) is 0 Å². The number of alkyl halides is 3. The predicted octanol–water partition coefficient (Wildman–Crippen LogP) is 3.84. The molecule has 0 bridgehead atoms. The second-order valence-electron chi connectivity index (χ2n) is 9.31. The maximum atomic E-state index is 13.3. The monoisotopic (exact) mass is 428 g/mol. The number of rotatable bonds is 2. The second-order valence-corrected chi connectivity index (χ2v) is 9.31. The Hall–Kier alpha value is -2.03. The fourth-order valence-electron chi connectivity index (χ4n) is 4.34. The van der Waals surface area contributed by atoms with E-state index in [0.29, 0.717) is 25.9 Å². The molecule has 2 fully saturated rings. The highest BCUT2D eigenvalue weighted by Gasteiger charge is 2.48. The fraction of sp³-hybridized carbons (Fsp3) is 0.714. The molecule has 1 spiro atoms. The van der Waals surface area contributed by atoms with Gasteiger partial charge in [0.1, 0.15) is 5.60 Å². The van der Waals surface area contributed by atoms with Gasteiger partial charge in [-0.3, -0.25) is 9.88 Å². The first-order chi connectivity index (χ1) is 13.9. The maximum Gasteiger partial charge on any atom is 0.410 e. The number of piperazine rings is 1. The summed E-state index contributed by atoms with van der Waals surface area (Å²) in [5, 5.41) is 0. The molecule has 3 heterocycles. The standard InChI is InChI=1S/C21H31F3N4O2/c1-16-13-17(5-8-25-16)26-9-6-20(7-10-26)14-27(18(29)30-19(2,3)4)11-12-28(20)15-21(22,23)24/h5,8,13H,6-7,9-12,14-15H2,1-4H3. The van der Waals surface area contributed by atoms with E-state index in [1.165, 1.54) is 4.90 Å². The van der Waals surface area contributed by atoms with Gasteiger partial charge in [-0.25, -0.2) is 4.79 Å². The van der Waals surface area contributed by atoms with Crippen molar-refractivity contribution < 1.29 is 22.7 Å². The molecule has 0 aliphatic carbocycles. The van der Waals surface area contributed by atoms with Crippen LogP contribution in [0.15, 0.2) is 18.3 Å². The van der Waals surface area contributed by atoms with Gasteiger partial charge in [0, 0.05) is 55.8 Å². The fourth-order valence-corrected chi connectivity index (χ4v) is 4.34. The zero-order valence-corrected chi connectivity index (χ0v) is 18.1. The molecule has 6 nitrogen and oxygen atoms in total. The lowest BCUT2D eigenvalue weighted by Gasteiger charge is -2.54. The molecular formula is C21H31F3N4O2. The minimum atomic E-state index is -4.28. The van der Waals surface area contributed by atoms with E-state index >= 15 is 0 Å². The van der Waals surface area contributed by atoms with Gasteiger partial charge in [0.25, 0.3) is 0 Å². The average Bonchev–Trinajstić information content (AvgIpc) is 2.62. The number of aryl methyl sites for hydroxylation is 1. The van der Waals surface area contributed by atoms with Crippen LogP contribution in [0.4, 0.5) is 23.7 Å². The van der Waals surface area contributed by atoms with Crippen LogP contribution >= 0.6 is 0 Å². The van der Waals surface area contributed by atoms with Crippen LogP contribution in [-0.4, -0.2) is 77.5 Å². The summed E-state index contributed by atoms with van der Waals surface area (Å²) in [7, 11) is 0. The number of amides is 1.